The topological polar surface area (TPSA) is 81.9 Å². The predicted octanol–water partition coefficient (Wildman–Crippen LogP) is -1.26. The van der Waals surface area contributed by atoms with Gasteiger partial charge in [-0.3, -0.25) is 14.5 Å². The summed E-state index contributed by atoms with van der Waals surface area (Å²) < 4.78 is 9.63. The Balaban J connectivity index is 2.12. The standard InChI is InChI=1S/C9H16N2O4/c1-14-9(13)7-2-3-11(7)4-5-15-6-8(10)12/h7H,2-6H2,1H3,(H2,10,12). The SMILES string of the molecule is COC(=O)C1CCN1CCOCC(N)=O. The number of rotatable bonds is 6. The Morgan fingerprint density at radius 3 is 2.73 bits per heavy atom. The molecule has 0 aromatic heterocycles. The summed E-state index contributed by atoms with van der Waals surface area (Å²) in [4.78, 5) is 23.5. The number of carbonyl (C=O) groups is 2. The van der Waals surface area contributed by atoms with Gasteiger partial charge in [0.2, 0.25) is 5.91 Å². The van der Waals surface area contributed by atoms with Crippen molar-refractivity contribution in [3.8, 4) is 0 Å². The molecule has 86 valence electrons. The first-order chi connectivity index (χ1) is 7.15. The highest BCUT2D eigenvalue weighted by molar-refractivity contribution is 5.76. The van der Waals surface area contributed by atoms with E-state index in [1.165, 1.54) is 7.11 Å². The Kier molecular flexibility index (Phi) is 4.51. The molecule has 15 heavy (non-hydrogen) atoms. The van der Waals surface area contributed by atoms with Gasteiger partial charge >= 0.3 is 5.97 Å². The molecule has 0 spiro atoms. The number of amides is 1. The van der Waals surface area contributed by atoms with Crippen molar-refractivity contribution in [2.24, 2.45) is 5.73 Å². The Labute approximate surface area is 88.3 Å². The predicted molar refractivity (Wildman–Crippen MR) is 52.0 cm³/mol. The van der Waals surface area contributed by atoms with E-state index in [9.17, 15) is 9.59 Å². The summed E-state index contributed by atoms with van der Waals surface area (Å²) in [6, 6.07) is -0.146. The number of primary amides is 1. The average Bonchev–Trinajstić information content (AvgIpc) is 2.15. The molecule has 0 saturated carbocycles. The summed E-state index contributed by atoms with van der Waals surface area (Å²) in [6.45, 7) is 1.81. The van der Waals surface area contributed by atoms with Crippen LogP contribution < -0.4 is 5.73 Å². The zero-order chi connectivity index (χ0) is 11.3. The second-order valence-corrected chi connectivity index (χ2v) is 3.38. The van der Waals surface area contributed by atoms with E-state index >= 15 is 0 Å². The smallest absolute Gasteiger partial charge is 0.323 e. The second kappa shape index (κ2) is 5.67. The van der Waals surface area contributed by atoms with Crippen LogP contribution in [0.5, 0.6) is 0 Å². The van der Waals surface area contributed by atoms with E-state index in [0.29, 0.717) is 13.2 Å². The highest BCUT2D eigenvalue weighted by Crippen LogP contribution is 2.17. The third-order valence-electron chi connectivity index (χ3n) is 2.37. The largest absolute Gasteiger partial charge is 0.468 e. The molecule has 0 aliphatic carbocycles. The Hall–Kier alpha value is -1.14. The van der Waals surface area contributed by atoms with Gasteiger partial charge in [0.05, 0.1) is 13.7 Å². The molecule has 0 radical (unpaired) electrons. The molecule has 1 aliphatic rings. The molecular formula is C9H16N2O4. The van der Waals surface area contributed by atoms with Gasteiger partial charge in [-0.15, -0.1) is 0 Å². The van der Waals surface area contributed by atoms with Crippen LogP contribution in [0.2, 0.25) is 0 Å². The monoisotopic (exact) mass is 216 g/mol. The van der Waals surface area contributed by atoms with Gasteiger partial charge in [0.15, 0.2) is 0 Å². The summed E-state index contributed by atoms with van der Waals surface area (Å²) >= 11 is 0. The van der Waals surface area contributed by atoms with Gasteiger partial charge in [-0.1, -0.05) is 0 Å². The molecule has 1 rings (SSSR count). The van der Waals surface area contributed by atoms with Gasteiger partial charge in [-0.05, 0) is 6.42 Å². The third kappa shape index (κ3) is 3.49. The number of nitrogens with two attached hydrogens (primary N) is 1. The van der Waals surface area contributed by atoms with E-state index < -0.39 is 5.91 Å². The number of methoxy groups -OCH3 is 1. The van der Waals surface area contributed by atoms with Crippen molar-refractivity contribution in [2.75, 3.05) is 33.4 Å². The number of hydrogen-bond donors (Lipinski definition) is 1. The fourth-order valence-corrected chi connectivity index (χ4v) is 1.47. The van der Waals surface area contributed by atoms with Gasteiger partial charge < -0.3 is 15.2 Å². The summed E-state index contributed by atoms with van der Waals surface area (Å²) in [5.41, 5.74) is 4.90. The number of nitrogens with zero attached hydrogens (tertiary/aromatic N) is 1. The number of ether oxygens (including phenoxy) is 2. The first-order valence-electron chi connectivity index (χ1n) is 4.83. The molecule has 1 aliphatic heterocycles. The second-order valence-electron chi connectivity index (χ2n) is 3.38. The van der Waals surface area contributed by atoms with Crippen LogP contribution >= 0.6 is 0 Å². The van der Waals surface area contributed by atoms with Crippen molar-refractivity contribution in [3.63, 3.8) is 0 Å². The molecule has 1 heterocycles. The maximum absolute atomic E-state index is 11.2. The quantitative estimate of drug-likeness (QED) is 0.442. The highest BCUT2D eigenvalue weighted by atomic mass is 16.5. The van der Waals surface area contributed by atoms with Crippen molar-refractivity contribution in [2.45, 2.75) is 12.5 Å². The third-order valence-corrected chi connectivity index (χ3v) is 2.37. The Morgan fingerprint density at radius 1 is 1.53 bits per heavy atom. The number of hydrogen-bond acceptors (Lipinski definition) is 5. The van der Waals surface area contributed by atoms with Crippen LogP contribution in [0.25, 0.3) is 0 Å². The molecule has 0 bridgehead atoms. The lowest BCUT2D eigenvalue weighted by Crippen LogP contribution is -2.53. The molecule has 0 aromatic carbocycles. The van der Waals surface area contributed by atoms with Crippen LogP contribution in [0, 0.1) is 0 Å². The molecule has 1 unspecified atom stereocenters. The number of esters is 1. The molecule has 0 aromatic rings. The number of carbonyl (C=O) groups excluding carboxylic acids is 2. The highest BCUT2D eigenvalue weighted by Gasteiger charge is 2.34. The molecule has 1 saturated heterocycles. The Morgan fingerprint density at radius 2 is 2.27 bits per heavy atom. The maximum atomic E-state index is 11.2. The lowest BCUT2D eigenvalue weighted by molar-refractivity contribution is -0.152. The maximum Gasteiger partial charge on any atom is 0.323 e. The van der Waals surface area contributed by atoms with E-state index in [4.69, 9.17) is 10.5 Å². The minimum Gasteiger partial charge on any atom is -0.468 e. The minimum absolute atomic E-state index is 0.0727. The van der Waals surface area contributed by atoms with Crippen LogP contribution in [0.3, 0.4) is 0 Å². The minimum atomic E-state index is -0.483. The van der Waals surface area contributed by atoms with Gasteiger partial charge in [0, 0.05) is 13.1 Å². The van der Waals surface area contributed by atoms with Gasteiger partial charge in [-0.25, -0.2) is 0 Å². The van der Waals surface area contributed by atoms with Crippen molar-refractivity contribution in [1.29, 1.82) is 0 Å². The summed E-state index contributed by atoms with van der Waals surface area (Å²) in [7, 11) is 1.38. The van der Waals surface area contributed by atoms with Crippen LogP contribution in [-0.2, 0) is 19.1 Å². The van der Waals surface area contributed by atoms with Crippen LogP contribution in [0.4, 0.5) is 0 Å². The lowest BCUT2D eigenvalue weighted by Gasteiger charge is -2.38. The van der Waals surface area contributed by atoms with E-state index in [0.717, 1.165) is 13.0 Å². The fourth-order valence-electron chi connectivity index (χ4n) is 1.47. The summed E-state index contributed by atoms with van der Waals surface area (Å²) in [6.07, 6.45) is 0.822. The first kappa shape index (κ1) is 11.9. The number of likely N-dealkylation sites (tertiary alicyclic amines) is 1. The summed E-state index contributed by atoms with van der Waals surface area (Å²) in [5.74, 6) is -0.695. The fraction of sp³-hybridized carbons (Fsp3) is 0.778. The summed E-state index contributed by atoms with van der Waals surface area (Å²) in [5, 5.41) is 0. The van der Waals surface area contributed by atoms with E-state index in [2.05, 4.69) is 4.74 Å². The molecule has 1 amide bonds. The van der Waals surface area contributed by atoms with E-state index in [-0.39, 0.29) is 18.6 Å². The molecule has 6 heteroatoms. The van der Waals surface area contributed by atoms with Crippen molar-refractivity contribution < 1.29 is 19.1 Å². The van der Waals surface area contributed by atoms with Crippen molar-refractivity contribution >= 4 is 11.9 Å². The van der Waals surface area contributed by atoms with Gasteiger partial charge in [0.1, 0.15) is 12.6 Å². The van der Waals surface area contributed by atoms with Gasteiger partial charge in [-0.2, -0.15) is 0 Å². The Bertz CT molecular complexity index is 244. The van der Waals surface area contributed by atoms with Crippen LogP contribution in [-0.4, -0.2) is 56.2 Å². The van der Waals surface area contributed by atoms with Crippen LogP contribution in [0.15, 0.2) is 0 Å². The zero-order valence-corrected chi connectivity index (χ0v) is 8.77. The zero-order valence-electron chi connectivity index (χ0n) is 8.77. The van der Waals surface area contributed by atoms with E-state index in [1.54, 1.807) is 0 Å². The normalized spacial score (nSPS) is 20.7. The van der Waals surface area contributed by atoms with E-state index in [1.807, 2.05) is 4.90 Å². The van der Waals surface area contributed by atoms with Crippen molar-refractivity contribution in [3.05, 3.63) is 0 Å². The van der Waals surface area contributed by atoms with Crippen molar-refractivity contribution in [1.82, 2.24) is 4.90 Å². The molecule has 1 fully saturated rings. The molecule has 1 atom stereocenters. The first-order valence-corrected chi connectivity index (χ1v) is 4.83. The molecule has 2 N–H and O–H groups in total. The van der Waals surface area contributed by atoms with Gasteiger partial charge in [0.25, 0.3) is 0 Å². The molecule has 6 nitrogen and oxygen atoms in total. The average molecular weight is 216 g/mol. The molecular weight excluding hydrogens is 200 g/mol. The lowest BCUT2D eigenvalue weighted by atomic mass is 10.0. The van der Waals surface area contributed by atoms with Crippen LogP contribution in [0.1, 0.15) is 6.42 Å².